The molecule has 0 saturated heterocycles. The smallest absolute Gasteiger partial charge is 0.307 e. The van der Waals surface area contributed by atoms with Crippen molar-refractivity contribution in [1.82, 2.24) is 0 Å². The predicted molar refractivity (Wildman–Crippen MR) is 89.2 cm³/mol. The highest BCUT2D eigenvalue weighted by atomic mass is 32.2. The first-order chi connectivity index (χ1) is 11.0. The van der Waals surface area contributed by atoms with Crippen molar-refractivity contribution < 1.29 is 18.3 Å². The molecule has 122 valence electrons. The van der Waals surface area contributed by atoms with Crippen molar-refractivity contribution in [2.75, 3.05) is 5.75 Å². The summed E-state index contributed by atoms with van der Waals surface area (Å²) in [6.07, 6.45) is 2.20. The van der Waals surface area contributed by atoms with Crippen LogP contribution >= 0.6 is 0 Å². The molecule has 0 unspecified atom stereocenters. The van der Waals surface area contributed by atoms with E-state index in [-0.39, 0.29) is 12.2 Å². The number of hydrogen-bond acceptors (Lipinski definition) is 3. The van der Waals surface area contributed by atoms with E-state index in [2.05, 4.69) is 0 Å². The lowest BCUT2D eigenvalue weighted by Crippen LogP contribution is -2.07. The summed E-state index contributed by atoms with van der Waals surface area (Å²) >= 11 is 0. The Morgan fingerprint density at radius 1 is 0.870 bits per heavy atom. The third-order valence-corrected chi connectivity index (χ3v) is 5.43. The molecule has 0 aromatic heterocycles. The number of sulfone groups is 1. The topological polar surface area (TPSA) is 71.4 Å². The number of carbonyl (C=O) groups is 1. The van der Waals surface area contributed by atoms with Crippen LogP contribution in [-0.4, -0.2) is 25.2 Å². The van der Waals surface area contributed by atoms with Crippen LogP contribution in [0.15, 0.2) is 59.5 Å². The van der Waals surface area contributed by atoms with Gasteiger partial charge in [0.1, 0.15) is 0 Å². The van der Waals surface area contributed by atoms with Crippen LogP contribution in [-0.2, 0) is 27.5 Å². The molecule has 2 aromatic carbocycles. The Balaban J connectivity index is 1.80. The number of carboxylic acids is 1. The molecule has 0 amide bonds. The molecule has 0 spiro atoms. The minimum absolute atomic E-state index is 0.0234. The summed E-state index contributed by atoms with van der Waals surface area (Å²) in [6.45, 7) is 0. The molecule has 0 aliphatic carbocycles. The van der Waals surface area contributed by atoms with Crippen molar-refractivity contribution in [3.05, 3.63) is 65.7 Å². The van der Waals surface area contributed by atoms with Crippen molar-refractivity contribution in [1.29, 1.82) is 0 Å². The van der Waals surface area contributed by atoms with Gasteiger partial charge in [0.05, 0.1) is 17.1 Å². The number of aryl methyl sites for hydroxylation is 1. The molecule has 0 heterocycles. The van der Waals surface area contributed by atoms with E-state index in [9.17, 15) is 13.2 Å². The van der Waals surface area contributed by atoms with Gasteiger partial charge in [-0.15, -0.1) is 0 Å². The summed E-state index contributed by atoms with van der Waals surface area (Å²) in [5.74, 6) is -0.697. The number of unbranched alkanes of at least 4 members (excludes halogenated alkanes) is 1. The predicted octanol–water partition coefficient (Wildman–Crippen LogP) is 3.11. The van der Waals surface area contributed by atoms with Gasteiger partial charge in [-0.2, -0.15) is 0 Å². The average molecular weight is 332 g/mol. The Morgan fingerprint density at radius 3 is 2.09 bits per heavy atom. The lowest BCUT2D eigenvalue weighted by atomic mass is 10.1. The second kappa shape index (κ2) is 7.92. The monoisotopic (exact) mass is 332 g/mol. The van der Waals surface area contributed by atoms with Crippen molar-refractivity contribution >= 4 is 15.8 Å². The van der Waals surface area contributed by atoms with Gasteiger partial charge in [-0.1, -0.05) is 42.5 Å². The molecule has 0 aliphatic rings. The number of benzene rings is 2. The van der Waals surface area contributed by atoms with Gasteiger partial charge in [0.25, 0.3) is 0 Å². The summed E-state index contributed by atoms with van der Waals surface area (Å²) in [4.78, 5) is 11.0. The largest absolute Gasteiger partial charge is 0.481 e. The molecule has 0 saturated carbocycles. The summed E-state index contributed by atoms with van der Waals surface area (Å²) in [6, 6.07) is 15.9. The first-order valence-corrected chi connectivity index (χ1v) is 9.20. The number of rotatable bonds is 8. The van der Waals surface area contributed by atoms with E-state index in [1.165, 1.54) is 0 Å². The SMILES string of the molecule is O=C(O)Cc1ccc(CCCCS(=O)(=O)c2ccccc2)cc1. The summed E-state index contributed by atoms with van der Waals surface area (Å²) in [5, 5.41) is 8.72. The highest BCUT2D eigenvalue weighted by molar-refractivity contribution is 7.91. The molecule has 2 aromatic rings. The van der Waals surface area contributed by atoms with Gasteiger partial charge < -0.3 is 5.11 Å². The fourth-order valence-electron chi connectivity index (χ4n) is 2.37. The Hall–Kier alpha value is -2.14. The van der Waals surface area contributed by atoms with Crippen LogP contribution in [0.3, 0.4) is 0 Å². The molecule has 0 aliphatic heterocycles. The first-order valence-electron chi connectivity index (χ1n) is 7.55. The van der Waals surface area contributed by atoms with E-state index in [4.69, 9.17) is 5.11 Å². The van der Waals surface area contributed by atoms with E-state index in [0.717, 1.165) is 24.0 Å². The maximum absolute atomic E-state index is 12.1. The fraction of sp³-hybridized carbons (Fsp3) is 0.278. The Labute approximate surface area is 136 Å². The van der Waals surface area contributed by atoms with Crippen molar-refractivity contribution in [2.24, 2.45) is 0 Å². The van der Waals surface area contributed by atoms with E-state index in [1.807, 2.05) is 24.3 Å². The van der Waals surface area contributed by atoms with Crippen LogP contribution in [0.4, 0.5) is 0 Å². The Morgan fingerprint density at radius 2 is 1.48 bits per heavy atom. The molecular formula is C18H20O4S. The summed E-state index contributed by atoms with van der Waals surface area (Å²) in [5.41, 5.74) is 1.86. The minimum atomic E-state index is -3.20. The highest BCUT2D eigenvalue weighted by Crippen LogP contribution is 2.14. The molecule has 4 nitrogen and oxygen atoms in total. The second-order valence-electron chi connectivity index (χ2n) is 5.48. The molecule has 5 heteroatoms. The standard InChI is InChI=1S/C18H20O4S/c19-18(20)14-16-11-9-15(10-12-16)6-4-5-13-23(21,22)17-7-2-1-3-8-17/h1-3,7-12H,4-6,13-14H2,(H,19,20). The lowest BCUT2D eigenvalue weighted by Gasteiger charge is -2.05. The summed E-state index contributed by atoms with van der Waals surface area (Å²) < 4.78 is 24.3. The molecular weight excluding hydrogens is 312 g/mol. The zero-order chi connectivity index (χ0) is 16.7. The van der Waals surface area contributed by atoms with Crippen LogP contribution in [0.2, 0.25) is 0 Å². The van der Waals surface area contributed by atoms with Gasteiger partial charge in [0.2, 0.25) is 0 Å². The van der Waals surface area contributed by atoms with Crippen LogP contribution < -0.4 is 0 Å². The molecule has 0 radical (unpaired) electrons. The molecule has 1 N–H and O–H groups in total. The molecule has 0 atom stereocenters. The zero-order valence-corrected chi connectivity index (χ0v) is 13.6. The van der Waals surface area contributed by atoms with Gasteiger partial charge in [-0.05, 0) is 42.5 Å². The average Bonchev–Trinajstić information content (AvgIpc) is 2.53. The normalized spacial score (nSPS) is 11.3. The lowest BCUT2D eigenvalue weighted by molar-refractivity contribution is -0.136. The maximum atomic E-state index is 12.1. The third-order valence-electron chi connectivity index (χ3n) is 3.61. The van der Waals surface area contributed by atoms with Gasteiger partial charge in [0, 0.05) is 0 Å². The Bertz CT molecular complexity index is 734. The third kappa shape index (κ3) is 5.53. The Kier molecular flexibility index (Phi) is 5.93. The molecule has 23 heavy (non-hydrogen) atoms. The van der Waals surface area contributed by atoms with Crippen LogP contribution in [0.5, 0.6) is 0 Å². The van der Waals surface area contributed by atoms with E-state index >= 15 is 0 Å². The first kappa shape index (κ1) is 17.2. The molecule has 0 bridgehead atoms. The van der Waals surface area contributed by atoms with Gasteiger partial charge in [-0.3, -0.25) is 4.79 Å². The number of carboxylic acid groups (broad SMARTS) is 1. The van der Waals surface area contributed by atoms with E-state index in [1.54, 1.807) is 30.3 Å². The maximum Gasteiger partial charge on any atom is 0.307 e. The molecule has 0 fully saturated rings. The highest BCUT2D eigenvalue weighted by Gasteiger charge is 2.12. The van der Waals surface area contributed by atoms with Crippen LogP contribution in [0.25, 0.3) is 0 Å². The minimum Gasteiger partial charge on any atom is -0.481 e. The quantitative estimate of drug-likeness (QED) is 0.754. The number of aliphatic carboxylic acids is 1. The van der Waals surface area contributed by atoms with Crippen LogP contribution in [0, 0.1) is 0 Å². The van der Waals surface area contributed by atoms with Crippen LogP contribution in [0.1, 0.15) is 24.0 Å². The molecule has 2 rings (SSSR count). The van der Waals surface area contributed by atoms with E-state index < -0.39 is 15.8 Å². The van der Waals surface area contributed by atoms with Gasteiger partial charge >= 0.3 is 5.97 Å². The van der Waals surface area contributed by atoms with Crippen molar-refractivity contribution in [3.63, 3.8) is 0 Å². The van der Waals surface area contributed by atoms with Gasteiger partial charge in [0.15, 0.2) is 9.84 Å². The van der Waals surface area contributed by atoms with Crippen molar-refractivity contribution in [2.45, 2.75) is 30.6 Å². The summed E-state index contributed by atoms with van der Waals surface area (Å²) in [7, 11) is -3.20. The number of hydrogen-bond donors (Lipinski definition) is 1. The second-order valence-corrected chi connectivity index (χ2v) is 7.59. The van der Waals surface area contributed by atoms with Gasteiger partial charge in [-0.25, -0.2) is 8.42 Å². The van der Waals surface area contributed by atoms with Crippen molar-refractivity contribution in [3.8, 4) is 0 Å². The zero-order valence-electron chi connectivity index (χ0n) is 12.8. The fourth-order valence-corrected chi connectivity index (χ4v) is 3.76. The van der Waals surface area contributed by atoms with E-state index in [0.29, 0.717) is 11.3 Å².